The van der Waals surface area contributed by atoms with E-state index in [1.807, 2.05) is 67.3 Å². The molecule has 3 aromatic rings. The summed E-state index contributed by atoms with van der Waals surface area (Å²) in [6.07, 6.45) is 3.03. The molecule has 166 valence electrons. The largest absolute Gasteiger partial charge is 0.387 e. The van der Waals surface area contributed by atoms with Crippen LogP contribution in [0.2, 0.25) is 0 Å². The van der Waals surface area contributed by atoms with Crippen molar-refractivity contribution < 1.29 is 13.9 Å². The Labute approximate surface area is 186 Å². The maximum atomic E-state index is 13.5. The highest BCUT2D eigenvalue weighted by Gasteiger charge is 2.32. The van der Waals surface area contributed by atoms with Gasteiger partial charge in [0, 0.05) is 49.6 Å². The van der Waals surface area contributed by atoms with Crippen molar-refractivity contribution in [3.8, 4) is 22.4 Å². The summed E-state index contributed by atoms with van der Waals surface area (Å²) in [5.74, 6) is -3.16. The Morgan fingerprint density at radius 1 is 1.09 bits per heavy atom. The Kier molecular flexibility index (Phi) is 6.02. The van der Waals surface area contributed by atoms with Gasteiger partial charge in [-0.2, -0.15) is 10.2 Å². The molecule has 1 atom stereocenters. The van der Waals surface area contributed by atoms with E-state index in [1.54, 1.807) is 0 Å². The van der Waals surface area contributed by atoms with Crippen LogP contribution in [0.3, 0.4) is 0 Å². The van der Waals surface area contributed by atoms with Crippen LogP contribution in [0.25, 0.3) is 22.4 Å². The van der Waals surface area contributed by atoms with Crippen molar-refractivity contribution in [2.75, 3.05) is 0 Å². The van der Waals surface area contributed by atoms with E-state index in [4.69, 9.17) is 4.98 Å². The standard InChI is InChI=1S/C25H26F2N4O/c1-16-13-23(30-29-16)20-7-8-21(28-22(20)9-10-24(32)25(2,26)27)18-6-4-5-17(14-18)19-11-12-31(3)15-19/h4-8,11-12,14-15,24,32H,9-10,13H2,1-3H3. The van der Waals surface area contributed by atoms with E-state index in [0.29, 0.717) is 12.1 Å². The molecule has 2 aromatic heterocycles. The molecule has 0 saturated carbocycles. The van der Waals surface area contributed by atoms with Gasteiger partial charge in [0.15, 0.2) is 0 Å². The molecule has 5 nitrogen and oxygen atoms in total. The molecule has 1 N–H and O–H groups in total. The lowest BCUT2D eigenvalue weighted by Gasteiger charge is -2.18. The molecule has 7 heteroatoms. The highest BCUT2D eigenvalue weighted by molar-refractivity contribution is 6.15. The fourth-order valence-corrected chi connectivity index (χ4v) is 3.78. The van der Waals surface area contributed by atoms with Crippen molar-refractivity contribution >= 4 is 11.4 Å². The summed E-state index contributed by atoms with van der Waals surface area (Å²) in [7, 11) is 1.98. The zero-order valence-corrected chi connectivity index (χ0v) is 18.4. The number of hydrogen-bond donors (Lipinski definition) is 1. The fraction of sp³-hybridized carbons (Fsp3) is 0.320. The zero-order valence-electron chi connectivity index (χ0n) is 18.4. The maximum Gasteiger partial charge on any atom is 0.270 e. The fourth-order valence-electron chi connectivity index (χ4n) is 3.78. The van der Waals surface area contributed by atoms with Crippen LogP contribution in [0.4, 0.5) is 8.78 Å². The second kappa shape index (κ2) is 8.74. The van der Waals surface area contributed by atoms with Crippen LogP contribution >= 0.6 is 0 Å². The summed E-state index contributed by atoms with van der Waals surface area (Å²) in [6.45, 7) is 2.63. The third-order valence-corrected chi connectivity index (χ3v) is 5.61. The molecule has 1 aromatic carbocycles. The third kappa shape index (κ3) is 4.83. The average molecular weight is 437 g/mol. The van der Waals surface area contributed by atoms with Gasteiger partial charge in [-0.1, -0.05) is 18.2 Å². The summed E-state index contributed by atoms with van der Waals surface area (Å²) in [4.78, 5) is 4.81. The molecule has 3 heterocycles. The van der Waals surface area contributed by atoms with Crippen molar-refractivity contribution in [1.29, 1.82) is 0 Å². The van der Waals surface area contributed by atoms with Gasteiger partial charge < -0.3 is 9.67 Å². The first-order valence-corrected chi connectivity index (χ1v) is 10.6. The summed E-state index contributed by atoms with van der Waals surface area (Å²) >= 11 is 0. The van der Waals surface area contributed by atoms with Gasteiger partial charge in [-0.25, -0.2) is 8.78 Å². The number of aliphatic hydroxyl groups is 1. The van der Waals surface area contributed by atoms with Crippen LogP contribution in [0.15, 0.2) is 65.1 Å². The van der Waals surface area contributed by atoms with E-state index in [-0.39, 0.29) is 12.8 Å². The summed E-state index contributed by atoms with van der Waals surface area (Å²) in [6, 6.07) is 14.0. The SMILES string of the molecule is CC1=NN=C(c2ccc(-c3cccc(-c4ccn(C)c4)c3)nc2CCC(O)C(C)(F)F)C1. The second-order valence-corrected chi connectivity index (χ2v) is 8.41. The number of benzene rings is 1. The quantitative estimate of drug-likeness (QED) is 0.548. The number of halogens is 2. The van der Waals surface area contributed by atoms with E-state index in [2.05, 4.69) is 16.3 Å². The smallest absolute Gasteiger partial charge is 0.270 e. The predicted molar refractivity (Wildman–Crippen MR) is 123 cm³/mol. The first-order valence-electron chi connectivity index (χ1n) is 10.6. The van der Waals surface area contributed by atoms with Crippen molar-refractivity contribution in [2.24, 2.45) is 17.3 Å². The van der Waals surface area contributed by atoms with Crippen LogP contribution in [0.1, 0.15) is 37.9 Å². The minimum atomic E-state index is -3.16. The van der Waals surface area contributed by atoms with E-state index < -0.39 is 12.0 Å². The van der Waals surface area contributed by atoms with Gasteiger partial charge in [0.05, 0.1) is 17.1 Å². The van der Waals surface area contributed by atoms with Crippen molar-refractivity contribution in [3.63, 3.8) is 0 Å². The molecule has 4 rings (SSSR count). The third-order valence-electron chi connectivity index (χ3n) is 5.61. The van der Waals surface area contributed by atoms with Crippen molar-refractivity contribution in [1.82, 2.24) is 9.55 Å². The Morgan fingerprint density at radius 3 is 2.53 bits per heavy atom. The number of pyridine rings is 1. The van der Waals surface area contributed by atoms with Gasteiger partial charge in [0.2, 0.25) is 0 Å². The summed E-state index contributed by atoms with van der Waals surface area (Å²) < 4.78 is 29.0. The second-order valence-electron chi connectivity index (χ2n) is 8.41. The number of aryl methyl sites for hydroxylation is 2. The van der Waals surface area contributed by atoms with Crippen LogP contribution in [0, 0.1) is 0 Å². The molecule has 1 aliphatic rings. The Bertz CT molecular complexity index is 1190. The number of aliphatic hydroxyl groups excluding tert-OH is 1. The highest BCUT2D eigenvalue weighted by Crippen LogP contribution is 2.28. The van der Waals surface area contributed by atoms with Gasteiger partial charge in [-0.3, -0.25) is 4.98 Å². The summed E-state index contributed by atoms with van der Waals surface area (Å²) in [5, 5.41) is 18.2. The van der Waals surface area contributed by atoms with Gasteiger partial charge >= 0.3 is 0 Å². The Morgan fingerprint density at radius 2 is 1.88 bits per heavy atom. The topological polar surface area (TPSA) is 62.8 Å². The van der Waals surface area contributed by atoms with Crippen LogP contribution in [0.5, 0.6) is 0 Å². The molecule has 0 amide bonds. The maximum absolute atomic E-state index is 13.5. The predicted octanol–water partition coefficient (Wildman–Crippen LogP) is 5.27. The number of aromatic nitrogens is 2. The number of alkyl halides is 2. The number of hydrogen-bond acceptors (Lipinski definition) is 4. The lowest BCUT2D eigenvalue weighted by molar-refractivity contribution is -0.0956. The van der Waals surface area contributed by atoms with Crippen LogP contribution in [-0.2, 0) is 13.5 Å². The molecule has 0 fully saturated rings. The van der Waals surface area contributed by atoms with Gasteiger partial charge in [-0.15, -0.1) is 0 Å². The molecular weight excluding hydrogens is 410 g/mol. The molecule has 1 unspecified atom stereocenters. The monoisotopic (exact) mass is 436 g/mol. The van der Waals surface area contributed by atoms with Crippen molar-refractivity contribution in [2.45, 2.75) is 45.1 Å². The highest BCUT2D eigenvalue weighted by atomic mass is 19.3. The van der Waals surface area contributed by atoms with E-state index in [1.165, 1.54) is 0 Å². The van der Waals surface area contributed by atoms with Gasteiger partial charge in [0.25, 0.3) is 5.92 Å². The summed E-state index contributed by atoms with van der Waals surface area (Å²) in [5.41, 5.74) is 6.95. The molecule has 1 aliphatic heterocycles. The van der Waals surface area contributed by atoms with E-state index in [9.17, 15) is 13.9 Å². The first kappa shape index (κ1) is 22.0. The Hall–Kier alpha value is -3.19. The normalized spacial score (nSPS) is 14.9. The van der Waals surface area contributed by atoms with Gasteiger partial charge in [0.1, 0.15) is 6.10 Å². The van der Waals surface area contributed by atoms with Crippen molar-refractivity contribution in [3.05, 3.63) is 66.1 Å². The first-order chi connectivity index (χ1) is 15.2. The molecular formula is C25H26F2N4O. The van der Waals surface area contributed by atoms with Crippen LogP contribution in [-0.4, -0.2) is 38.1 Å². The molecule has 0 bridgehead atoms. The lowest BCUT2D eigenvalue weighted by Crippen LogP contribution is -2.30. The molecule has 0 saturated heterocycles. The number of rotatable bonds is 7. The zero-order chi connectivity index (χ0) is 22.9. The molecule has 0 spiro atoms. The molecule has 0 aliphatic carbocycles. The Balaban J connectivity index is 1.68. The van der Waals surface area contributed by atoms with E-state index in [0.717, 1.165) is 46.3 Å². The minimum Gasteiger partial charge on any atom is -0.387 e. The molecule has 0 radical (unpaired) electrons. The van der Waals surface area contributed by atoms with E-state index >= 15 is 0 Å². The lowest BCUT2D eigenvalue weighted by atomic mass is 9.97. The minimum absolute atomic E-state index is 0.0931. The van der Waals surface area contributed by atoms with Crippen LogP contribution < -0.4 is 0 Å². The number of nitrogens with zero attached hydrogens (tertiary/aromatic N) is 4. The van der Waals surface area contributed by atoms with Gasteiger partial charge in [-0.05, 0) is 55.2 Å². The molecule has 32 heavy (non-hydrogen) atoms. The average Bonchev–Trinajstić information content (AvgIpc) is 3.39.